The Balaban J connectivity index is 2.23. The maximum absolute atomic E-state index is 9.66. The fourth-order valence-corrected chi connectivity index (χ4v) is 2.67. The van der Waals surface area contributed by atoms with Crippen LogP contribution in [0.25, 0.3) is 0 Å². The van der Waals surface area contributed by atoms with E-state index in [0.29, 0.717) is 0 Å². The highest BCUT2D eigenvalue weighted by Gasteiger charge is 2.34. The second kappa shape index (κ2) is 5.09. The summed E-state index contributed by atoms with van der Waals surface area (Å²) in [7, 11) is 0. The van der Waals surface area contributed by atoms with E-state index in [4.69, 9.17) is 4.74 Å². The van der Waals surface area contributed by atoms with Gasteiger partial charge in [0.05, 0.1) is 6.61 Å². The van der Waals surface area contributed by atoms with Crippen molar-refractivity contribution in [3.8, 4) is 5.75 Å². The molecule has 1 N–H and O–H groups in total. The Bertz CT molecular complexity index is 358. The van der Waals surface area contributed by atoms with E-state index < -0.39 is 0 Å². The minimum Gasteiger partial charge on any atom is -0.484 e. The van der Waals surface area contributed by atoms with Crippen molar-refractivity contribution in [2.45, 2.75) is 51.6 Å². The maximum atomic E-state index is 9.66. The number of hydrogen-bond acceptors (Lipinski definition) is 2. The Kier molecular flexibility index (Phi) is 3.72. The summed E-state index contributed by atoms with van der Waals surface area (Å²) >= 11 is 0. The zero-order valence-corrected chi connectivity index (χ0v) is 10.8. The summed E-state index contributed by atoms with van der Waals surface area (Å²) in [4.78, 5) is 0. The van der Waals surface area contributed by atoms with Gasteiger partial charge in [0.15, 0.2) is 0 Å². The van der Waals surface area contributed by atoms with Crippen LogP contribution in [0.3, 0.4) is 0 Å². The lowest BCUT2D eigenvalue weighted by Crippen LogP contribution is -2.42. The van der Waals surface area contributed by atoms with Gasteiger partial charge in [0.25, 0.3) is 0 Å². The van der Waals surface area contributed by atoms with Gasteiger partial charge in [-0.05, 0) is 50.7 Å². The Hall–Kier alpha value is -1.02. The van der Waals surface area contributed by atoms with Crippen LogP contribution in [-0.2, 0) is 0 Å². The molecule has 94 valence electrons. The van der Waals surface area contributed by atoms with Gasteiger partial charge in [0, 0.05) is 0 Å². The first-order valence-electron chi connectivity index (χ1n) is 6.53. The second-order valence-corrected chi connectivity index (χ2v) is 5.22. The summed E-state index contributed by atoms with van der Waals surface area (Å²) in [5, 5.41) is 9.66. The van der Waals surface area contributed by atoms with Gasteiger partial charge in [0.2, 0.25) is 0 Å². The van der Waals surface area contributed by atoms with Crippen LogP contribution in [0.4, 0.5) is 0 Å². The van der Waals surface area contributed by atoms with Gasteiger partial charge in [-0.15, -0.1) is 0 Å². The molecule has 0 unspecified atom stereocenters. The Morgan fingerprint density at radius 2 is 1.71 bits per heavy atom. The lowest BCUT2D eigenvalue weighted by Gasteiger charge is -2.37. The van der Waals surface area contributed by atoms with Gasteiger partial charge >= 0.3 is 0 Å². The third-order valence-electron chi connectivity index (χ3n) is 3.78. The molecule has 0 saturated heterocycles. The second-order valence-electron chi connectivity index (χ2n) is 5.22. The summed E-state index contributed by atoms with van der Waals surface area (Å²) in [6.45, 7) is 4.26. The molecule has 2 nitrogen and oxygen atoms in total. The number of para-hydroxylation sites is 1. The smallest absolute Gasteiger partial charge is 0.132 e. The number of ether oxygens (including phenoxy) is 1. The molecule has 1 aromatic carbocycles. The summed E-state index contributed by atoms with van der Waals surface area (Å²) in [5.41, 5.74) is 1.97. The third kappa shape index (κ3) is 2.63. The number of hydrogen-bond donors (Lipinski definition) is 1. The molecular weight excluding hydrogens is 212 g/mol. The van der Waals surface area contributed by atoms with E-state index in [0.717, 1.165) is 42.6 Å². The molecule has 0 aliphatic heterocycles. The molecule has 17 heavy (non-hydrogen) atoms. The maximum Gasteiger partial charge on any atom is 0.132 e. The standard InChI is InChI=1S/C15H22O2/c1-12-7-6-8-13(2)14(12)17-15(11-16)9-4-3-5-10-15/h6-8,16H,3-5,9-11H2,1-2H3. The quantitative estimate of drug-likeness (QED) is 0.868. The van der Waals surface area contributed by atoms with Crippen LogP contribution in [0.2, 0.25) is 0 Å². The highest BCUT2D eigenvalue weighted by atomic mass is 16.5. The van der Waals surface area contributed by atoms with Crippen molar-refractivity contribution in [3.05, 3.63) is 29.3 Å². The first kappa shape index (κ1) is 12.4. The van der Waals surface area contributed by atoms with Crippen LogP contribution < -0.4 is 4.74 Å². The molecule has 1 saturated carbocycles. The van der Waals surface area contributed by atoms with Crippen LogP contribution in [0, 0.1) is 13.8 Å². The lowest BCUT2D eigenvalue weighted by molar-refractivity contribution is -0.0207. The summed E-state index contributed by atoms with van der Waals surface area (Å²) < 4.78 is 6.20. The van der Waals surface area contributed by atoms with Gasteiger partial charge in [-0.3, -0.25) is 0 Å². The molecule has 0 radical (unpaired) electrons. The minimum absolute atomic E-state index is 0.126. The van der Waals surface area contributed by atoms with Crippen molar-refractivity contribution in [1.29, 1.82) is 0 Å². The molecule has 1 aromatic rings. The van der Waals surface area contributed by atoms with E-state index in [1.165, 1.54) is 6.42 Å². The summed E-state index contributed by atoms with van der Waals surface area (Å²) in [6, 6.07) is 6.18. The molecule has 0 spiro atoms. The van der Waals surface area contributed by atoms with Crippen LogP contribution in [0.5, 0.6) is 5.75 Å². The zero-order valence-electron chi connectivity index (χ0n) is 10.8. The van der Waals surface area contributed by atoms with E-state index >= 15 is 0 Å². The van der Waals surface area contributed by atoms with Gasteiger partial charge in [-0.25, -0.2) is 0 Å². The van der Waals surface area contributed by atoms with E-state index in [1.54, 1.807) is 0 Å². The average Bonchev–Trinajstić information content (AvgIpc) is 2.35. The molecule has 2 heteroatoms. The van der Waals surface area contributed by atoms with Crippen LogP contribution in [0.15, 0.2) is 18.2 Å². The molecule has 0 heterocycles. The van der Waals surface area contributed by atoms with Gasteiger partial charge < -0.3 is 9.84 Å². The van der Waals surface area contributed by atoms with Gasteiger partial charge in [0.1, 0.15) is 11.4 Å². The molecule has 1 aliphatic carbocycles. The molecule has 0 atom stereocenters. The third-order valence-corrected chi connectivity index (χ3v) is 3.78. The van der Waals surface area contributed by atoms with E-state index in [2.05, 4.69) is 26.0 Å². The molecule has 2 rings (SSSR count). The first-order chi connectivity index (χ1) is 8.17. The van der Waals surface area contributed by atoms with Crippen molar-refractivity contribution >= 4 is 0 Å². The normalized spacial score (nSPS) is 19.0. The average molecular weight is 234 g/mol. The number of aryl methyl sites for hydroxylation is 2. The van der Waals surface area contributed by atoms with Crippen molar-refractivity contribution in [1.82, 2.24) is 0 Å². The van der Waals surface area contributed by atoms with Crippen LogP contribution in [-0.4, -0.2) is 17.3 Å². The fraction of sp³-hybridized carbons (Fsp3) is 0.600. The monoisotopic (exact) mass is 234 g/mol. The SMILES string of the molecule is Cc1cccc(C)c1OC1(CO)CCCCC1. The first-order valence-corrected chi connectivity index (χ1v) is 6.53. The fourth-order valence-electron chi connectivity index (χ4n) is 2.67. The topological polar surface area (TPSA) is 29.5 Å². The van der Waals surface area contributed by atoms with Crippen molar-refractivity contribution in [2.75, 3.05) is 6.61 Å². The largest absolute Gasteiger partial charge is 0.484 e. The Morgan fingerprint density at radius 1 is 1.12 bits per heavy atom. The highest BCUT2D eigenvalue weighted by Crippen LogP contribution is 2.35. The van der Waals surface area contributed by atoms with Gasteiger partial charge in [-0.2, -0.15) is 0 Å². The predicted octanol–water partition coefficient (Wildman–Crippen LogP) is 3.38. The summed E-state index contributed by atoms with van der Waals surface area (Å²) in [5.74, 6) is 0.962. The number of aliphatic hydroxyl groups excluding tert-OH is 1. The molecular formula is C15H22O2. The van der Waals surface area contributed by atoms with Crippen molar-refractivity contribution < 1.29 is 9.84 Å². The minimum atomic E-state index is -0.338. The van der Waals surface area contributed by atoms with E-state index in [9.17, 15) is 5.11 Å². The molecule has 1 fully saturated rings. The number of aliphatic hydroxyl groups is 1. The Labute approximate surface area is 104 Å². The van der Waals surface area contributed by atoms with E-state index in [1.807, 2.05) is 6.07 Å². The van der Waals surface area contributed by atoms with Crippen LogP contribution >= 0.6 is 0 Å². The Morgan fingerprint density at radius 3 is 2.24 bits per heavy atom. The number of benzene rings is 1. The molecule has 1 aliphatic rings. The lowest BCUT2D eigenvalue weighted by atomic mass is 9.85. The van der Waals surface area contributed by atoms with Crippen molar-refractivity contribution in [2.24, 2.45) is 0 Å². The molecule has 0 bridgehead atoms. The van der Waals surface area contributed by atoms with Gasteiger partial charge in [-0.1, -0.05) is 24.6 Å². The highest BCUT2D eigenvalue weighted by molar-refractivity contribution is 5.40. The summed E-state index contributed by atoms with van der Waals surface area (Å²) in [6.07, 6.45) is 5.52. The molecule has 0 aromatic heterocycles. The predicted molar refractivity (Wildman–Crippen MR) is 69.4 cm³/mol. The van der Waals surface area contributed by atoms with E-state index in [-0.39, 0.29) is 12.2 Å². The van der Waals surface area contributed by atoms with Crippen molar-refractivity contribution in [3.63, 3.8) is 0 Å². The molecule has 0 amide bonds. The number of rotatable bonds is 3. The zero-order chi connectivity index (χ0) is 12.3. The van der Waals surface area contributed by atoms with Crippen LogP contribution in [0.1, 0.15) is 43.2 Å².